The molecule has 166 valence electrons. The first-order valence-corrected chi connectivity index (χ1v) is 11.2. The number of thioether (sulfide) groups is 1. The lowest BCUT2D eigenvalue weighted by Crippen LogP contribution is -2.53. The molecule has 2 heterocycles. The fourth-order valence-electron chi connectivity index (χ4n) is 4.33. The maximum Gasteiger partial charge on any atom is 0.330 e. The van der Waals surface area contributed by atoms with Crippen molar-refractivity contribution in [3.8, 4) is 0 Å². The molecule has 2 aliphatic rings. The van der Waals surface area contributed by atoms with Gasteiger partial charge in [-0.3, -0.25) is 19.3 Å². The van der Waals surface area contributed by atoms with E-state index in [1.165, 1.54) is 21.6 Å². The van der Waals surface area contributed by atoms with Gasteiger partial charge in [0.05, 0.1) is 22.5 Å². The fourth-order valence-corrected chi connectivity index (χ4v) is 5.91. The van der Waals surface area contributed by atoms with E-state index < -0.39 is 40.0 Å². The van der Waals surface area contributed by atoms with Crippen molar-refractivity contribution in [3.05, 3.63) is 71.3 Å². The van der Waals surface area contributed by atoms with Crippen molar-refractivity contribution < 1.29 is 23.9 Å². The molecule has 0 bridgehead atoms. The monoisotopic (exact) mass is 452 g/mol. The van der Waals surface area contributed by atoms with Gasteiger partial charge in [0, 0.05) is 4.75 Å². The molecule has 0 spiro atoms. The van der Waals surface area contributed by atoms with E-state index in [-0.39, 0.29) is 6.61 Å². The van der Waals surface area contributed by atoms with Crippen LogP contribution < -0.4 is 0 Å². The van der Waals surface area contributed by atoms with Crippen molar-refractivity contribution in [2.45, 2.75) is 49.6 Å². The van der Waals surface area contributed by atoms with Gasteiger partial charge in [0.25, 0.3) is 11.8 Å². The van der Waals surface area contributed by atoms with E-state index >= 15 is 0 Å². The van der Waals surface area contributed by atoms with Crippen molar-refractivity contribution in [2.24, 2.45) is 0 Å². The van der Waals surface area contributed by atoms with Crippen LogP contribution in [0.2, 0.25) is 0 Å². The first-order chi connectivity index (χ1) is 15.3. The Labute approximate surface area is 190 Å². The molecule has 0 aliphatic carbocycles. The summed E-state index contributed by atoms with van der Waals surface area (Å²) < 4.78 is 4.85. The summed E-state index contributed by atoms with van der Waals surface area (Å²) in [5.41, 5.74) is 1.55. The third-order valence-electron chi connectivity index (χ3n) is 5.89. The predicted octanol–water partition coefficient (Wildman–Crippen LogP) is 3.09. The molecule has 7 nitrogen and oxygen atoms in total. The highest BCUT2D eigenvalue weighted by atomic mass is 32.2. The zero-order valence-corrected chi connectivity index (χ0v) is 18.9. The summed E-state index contributed by atoms with van der Waals surface area (Å²) in [5, 5.41) is -0.584. The van der Waals surface area contributed by atoms with Gasteiger partial charge in [0.15, 0.2) is 0 Å². The summed E-state index contributed by atoms with van der Waals surface area (Å²) in [4.78, 5) is 53.6. The largest absolute Gasteiger partial charge is 0.459 e. The van der Waals surface area contributed by atoms with Crippen LogP contribution in [0.1, 0.15) is 47.1 Å². The fraction of sp³-hybridized carbons (Fsp3) is 0.333. The van der Waals surface area contributed by atoms with Crippen molar-refractivity contribution in [2.75, 3.05) is 0 Å². The molecule has 4 rings (SSSR count). The number of carbonyl (C=O) groups is 4. The molecule has 0 radical (unpaired) electrons. The maximum atomic E-state index is 13.0. The third kappa shape index (κ3) is 3.68. The van der Waals surface area contributed by atoms with E-state index in [1.54, 1.807) is 31.2 Å². The molecule has 2 aromatic carbocycles. The van der Waals surface area contributed by atoms with Crippen LogP contribution in [0.4, 0.5) is 0 Å². The number of esters is 1. The van der Waals surface area contributed by atoms with Crippen molar-refractivity contribution in [3.63, 3.8) is 0 Å². The second-order valence-electron chi connectivity index (χ2n) is 8.43. The van der Waals surface area contributed by atoms with E-state index in [4.69, 9.17) is 4.74 Å². The Hall–Kier alpha value is -3.13. The van der Waals surface area contributed by atoms with Crippen molar-refractivity contribution >= 4 is 36.0 Å². The highest BCUT2D eigenvalue weighted by molar-refractivity contribution is 8.01. The van der Waals surface area contributed by atoms with Crippen LogP contribution in [0, 0.1) is 0 Å². The maximum absolute atomic E-state index is 13.0. The second kappa shape index (κ2) is 8.43. The van der Waals surface area contributed by atoms with Crippen LogP contribution in [0.15, 0.2) is 54.6 Å². The van der Waals surface area contributed by atoms with Gasteiger partial charge in [-0.05, 0) is 38.5 Å². The molecule has 0 unspecified atom stereocenters. The average Bonchev–Trinajstić information content (AvgIpc) is 3.22. The van der Waals surface area contributed by atoms with Crippen molar-refractivity contribution in [1.29, 1.82) is 0 Å². The lowest BCUT2D eigenvalue weighted by molar-refractivity contribution is -0.154. The molecule has 8 heteroatoms. The first kappa shape index (κ1) is 22.1. The molecule has 1 fully saturated rings. The zero-order chi connectivity index (χ0) is 23.0. The number of hydrogen-bond acceptors (Lipinski definition) is 6. The minimum absolute atomic E-state index is 0.0994. The SMILES string of the molecule is C[C@@H]([C@H]1SC(C)(C)[C@H](C(=O)OCc2ccccc2)N1C=O)N1C(=O)c2ccccc2C1=O. The smallest absolute Gasteiger partial charge is 0.330 e. The Kier molecular flexibility index (Phi) is 5.81. The number of carbonyl (C=O) groups excluding carboxylic acids is 4. The van der Waals surface area contributed by atoms with Gasteiger partial charge >= 0.3 is 5.97 Å². The average molecular weight is 453 g/mol. The Bertz CT molecular complexity index is 1040. The predicted molar refractivity (Wildman–Crippen MR) is 120 cm³/mol. The van der Waals surface area contributed by atoms with Crippen LogP contribution in [0.3, 0.4) is 0 Å². The molecular weight excluding hydrogens is 428 g/mol. The number of ether oxygens (including phenoxy) is 1. The van der Waals surface area contributed by atoms with Gasteiger partial charge in [0.2, 0.25) is 6.41 Å². The summed E-state index contributed by atoms with van der Waals surface area (Å²) in [5.74, 6) is -1.30. The van der Waals surface area contributed by atoms with Crippen LogP contribution in [-0.2, 0) is 20.9 Å². The Morgan fingerprint density at radius 2 is 1.62 bits per heavy atom. The van der Waals surface area contributed by atoms with E-state index in [1.807, 2.05) is 44.2 Å². The molecule has 0 N–H and O–H groups in total. The van der Waals surface area contributed by atoms with Crippen molar-refractivity contribution in [1.82, 2.24) is 9.80 Å². The van der Waals surface area contributed by atoms with E-state index in [9.17, 15) is 19.2 Å². The first-order valence-electron chi connectivity index (χ1n) is 10.3. The molecule has 32 heavy (non-hydrogen) atoms. The van der Waals surface area contributed by atoms with E-state index in [0.29, 0.717) is 17.5 Å². The van der Waals surface area contributed by atoms with Gasteiger partial charge in [-0.25, -0.2) is 4.79 Å². The molecule has 1 saturated heterocycles. The number of imide groups is 1. The molecule has 3 atom stereocenters. The second-order valence-corrected chi connectivity index (χ2v) is 10.2. The standard InChI is InChI=1S/C24H24N2O5S/c1-15(26-20(28)17-11-7-8-12-18(17)21(26)29)22-25(14-27)19(24(2,3)32-22)23(30)31-13-16-9-5-4-6-10-16/h4-12,14-15,19,22H,13H2,1-3H3/t15-,19-,22+/m0/s1. The van der Waals surface area contributed by atoms with Crippen LogP contribution >= 0.6 is 11.8 Å². The van der Waals surface area contributed by atoms with Gasteiger partial charge in [-0.1, -0.05) is 42.5 Å². The lowest BCUT2D eigenvalue weighted by Gasteiger charge is -2.32. The minimum atomic E-state index is -0.851. The number of nitrogens with zero attached hydrogens (tertiary/aromatic N) is 2. The van der Waals surface area contributed by atoms with E-state index in [0.717, 1.165) is 5.56 Å². The summed E-state index contributed by atoms with van der Waals surface area (Å²) in [6.45, 7) is 5.54. The molecule has 2 aliphatic heterocycles. The number of amides is 3. The Morgan fingerprint density at radius 3 is 2.19 bits per heavy atom. The van der Waals surface area contributed by atoms with Gasteiger partial charge in [-0.2, -0.15) is 0 Å². The number of rotatable bonds is 6. The summed E-state index contributed by atoms with van der Waals surface area (Å²) in [6, 6.07) is 14.5. The number of benzene rings is 2. The molecule has 0 aromatic heterocycles. The zero-order valence-electron chi connectivity index (χ0n) is 18.1. The minimum Gasteiger partial charge on any atom is -0.459 e. The highest BCUT2D eigenvalue weighted by Gasteiger charge is 2.55. The summed E-state index contributed by atoms with van der Waals surface area (Å²) >= 11 is 1.38. The Balaban J connectivity index is 1.55. The van der Waals surface area contributed by atoms with Gasteiger partial charge in [-0.15, -0.1) is 11.8 Å². The molecule has 0 saturated carbocycles. The highest BCUT2D eigenvalue weighted by Crippen LogP contribution is 2.46. The molecular formula is C24H24N2O5S. The topological polar surface area (TPSA) is 84.0 Å². The van der Waals surface area contributed by atoms with Crippen LogP contribution in [-0.4, -0.2) is 56.2 Å². The molecule has 3 amide bonds. The number of fused-ring (bicyclic) bond motifs is 1. The van der Waals surface area contributed by atoms with Gasteiger partial charge < -0.3 is 9.64 Å². The third-order valence-corrected chi connectivity index (χ3v) is 7.60. The quantitative estimate of drug-likeness (QED) is 0.381. The van der Waals surface area contributed by atoms with Gasteiger partial charge in [0.1, 0.15) is 12.6 Å². The molecule has 2 aromatic rings. The lowest BCUT2D eigenvalue weighted by atomic mass is 10.0. The summed E-state index contributed by atoms with van der Waals surface area (Å²) in [7, 11) is 0. The summed E-state index contributed by atoms with van der Waals surface area (Å²) in [6.07, 6.45) is 0.607. The normalized spacial score (nSPS) is 22.6. The van der Waals surface area contributed by atoms with Crippen LogP contribution in [0.5, 0.6) is 0 Å². The Morgan fingerprint density at radius 1 is 1.06 bits per heavy atom. The van der Waals surface area contributed by atoms with E-state index in [2.05, 4.69) is 0 Å². The van der Waals surface area contributed by atoms with Crippen LogP contribution in [0.25, 0.3) is 0 Å². The number of hydrogen-bond donors (Lipinski definition) is 0.